The first-order chi connectivity index (χ1) is 21.2. The van der Waals surface area contributed by atoms with E-state index >= 15 is 0 Å². The zero-order valence-corrected chi connectivity index (χ0v) is 24.9. The maximum absolute atomic E-state index is 14.7. The lowest BCUT2D eigenvalue weighted by molar-refractivity contribution is 0.592. The number of hydrogen-bond acceptors (Lipinski definition) is 3. The Hall–Kier alpha value is -4.82. The average molecular weight is 588 g/mol. The van der Waals surface area contributed by atoms with Crippen LogP contribution in [0.1, 0.15) is 0 Å². The van der Waals surface area contributed by atoms with Gasteiger partial charge in [0.1, 0.15) is 0 Å². The third kappa shape index (κ3) is 4.32. The molecule has 2 heterocycles. The topological polar surface area (TPSA) is 30.0 Å². The van der Waals surface area contributed by atoms with Gasteiger partial charge in [-0.1, -0.05) is 146 Å². The van der Waals surface area contributed by atoms with E-state index in [1.54, 1.807) is 0 Å². The molecule has 43 heavy (non-hydrogen) atoms. The molecule has 0 aliphatic heterocycles. The summed E-state index contributed by atoms with van der Waals surface area (Å²) in [7, 11) is -3.00. The van der Waals surface area contributed by atoms with Crippen molar-refractivity contribution in [2.75, 3.05) is 0 Å². The Morgan fingerprint density at radius 3 is 1.60 bits per heavy atom. The van der Waals surface area contributed by atoms with E-state index in [0.29, 0.717) is 0 Å². The molecular formula is C39H26NOPS. The van der Waals surface area contributed by atoms with Gasteiger partial charge in [-0.15, -0.1) is 11.3 Å². The molecule has 204 valence electrons. The van der Waals surface area contributed by atoms with Crippen molar-refractivity contribution in [3.8, 4) is 22.4 Å². The second kappa shape index (κ2) is 10.5. The molecule has 2 aromatic heterocycles. The Bertz CT molecular complexity index is 2250. The molecule has 0 atom stereocenters. The maximum Gasteiger partial charge on any atom is 0.171 e. The maximum atomic E-state index is 14.7. The molecule has 0 N–H and O–H groups in total. The Morgan fingerprint density at radius 1 is 0.465 bits per heavy atom. The summed E-state index contributed by atoms with van der Waals surface area (Å²) in [6.45, 7) is 0. The lowest BCUT2D eigenvalue weighted by Crippen LogP contribution is -2.24. The quantitative estimate of drug-likeness (QED) is 0.188. The highest BCUT2D eigenvalue weighted by Gasteiger charge is 2.29. The zero-order chi connectivity index (χ0) is 28.8. The fourth-order valence-electron chi connectivity index (χ4n) is 6.04. The molecule has 0 aliphatic rings. The van der Waals surface area contributed by atoms with Crippen LogP contribution in [-0.2, 0) is 4.57 Å². The normalized spacial score (nSPS) is 11.8. The second-order valence-electron chi connectivity index (χ2n) is 10.7. The standard InChI is InChI=1S/C39H26NOPS/c41-42(30-11-3-1-4-12-30,31-13-5-2-6-14-31)32-25-23-28(24-26-32)27-19-21-29(22-20-27)38-39-37(33-15-7-9-17-35(33)40-38)34-16-8-10-18-36(34)43-39/h1-26H. The summed E-state index contributed by atoms with van der Waals surface area (Å²) in [4.78, 5) is 5.15. The van der Waals surface area contributed by atoms with Crippen LogP contribution >= 0.6 is 18.5 Å². The van der Waals surface area contributed by atoms with Crippen LogP contribution < -0.4 is 15.9 Å². The number of para-hydroxylation sites is 1. The smallest absolute Gasteiger partial charge is 0.171 e. The van der Waals surface area contributed by atoms with Crippen LogP contribution in [0.4, 0.5) is 0 Å². The van der Waals surface area contributed by atoms with Gasteiger partial charge in [0.25, 0.3) is 0 Å². The number of thiophene rings is 1. The Labute approximate surface area is 254 Å². The van der Waals surface area contributed by atoms with Gasteiger partial charge >= 0.3 is 0 Å². The monoisotopic (exact) mass is 587 g/mol. The molecule has 0 spiro atoms. The number of nitrogens with zero attached hydrogens (tertiary/aromatic N) is 1. The summed E-state index contributed by atoms with van der Waals surface area (Å²) in [5.74, 6) is 0. The van der Waals surface area contributed by atoms with E-state index in [0.717, 1.165) is 43.8 Å². The molecule has 6 aromatic carbocycles. The van der Waals surface area contributed by atoms with Gasteiger partial charge in [-0.3, -0.25) is 0 Å². The summed E-state index contributed by atoms with van der Waals surface area (Å²) in [5.41, 5.74) is 5.32. The van der Waals surface area contributed by atoms with Gasteiger partial charge in [0.05, 0.1) is 15.9 Å². The molecule has 0 fully saturated rings. The Morgan fingerprint density at radius 2 is 0.953 bits per heavy atom. The van der Waals surface area contributed by atoms with Crippen LogP contribution in [0.15, 0.2) is 158 Å². The van der Waals surface area contributed by atoms with E-state index in [2.05, 4.69) is 84.9 Å². The second-order valence-corrected chi connectivity index (χ2v) is 14.5. The van der Waals surface area contributed by atoms with E-state index in [-0.39, 0.29) is 0 Å². The molecule has 0 unspecified atom stereocenters. The van der Waals surface area contributed by atoms with Crippen LogP contribution in [0.25, 0.3) is 53.5 Å². The number of aromatic nitrogens is 1. The van der Waals surface area contributed by atoms with Gasteiger partial charge in [0.15, 0.2) is 7.14 Å². The number of hydrogen-bond donors (Lipinski definition) is 0. The summed E-state index contributed by atoms with van der Waals surface area (Å²) >= 11 is 1.81. The molecule has 4 heteroatoms. The molecule has 8 aromatic rings. The molecule has 0 saturated carbocycles. The summed E-state index contributed by atoms with van der Waals surface area (Å²) < 4.78 is 17.2. The largest absolute Gasteiger partial charge is 0.309 e. The highest BCUT2D eigenvalue weighted by molar-refractivity contribution is 7.85. The van der Waals surface area contributed by atoms with Crippen molar-refractivity contribution in [2.45, 2.75) is 0 Å². The van der Waals surface area contributed by atoms with Crippen LogP contribution in [0.5, 0.6) is 0 Å². The van der Waals surface area contributed by atoms with Crippen molar-refractivity contribution in [3.63, 3.8) is 0 Å². The van der Waals surface area contributed by atoms with E-state index in [1.165, 1.54) is 25.6 Å². The molecule has 0 aliphatic carbocycles. The van der Waals surface area contributed by atoms with Crippen LogP contribution in [0.2, 0.25) is 0 Å². The van der Waals surface area contributed by atoms with Crippen molar-refractivity contribution >= 4 is 65.5 Å². The minimum Gasteiger partial charge on any atom is -0.309 e. The Balaban J connectivity index is 1.19. The third-order valence-electron chi connectivity index (χ3n) is 8.18. The van der Waals surface area contributed by atoms with Crippen molar-refractivity contribution in [1.29, 1.82) is 0 Å². The number of rotatable bonds is 5. The fourth-order valence-corrected chi connectivity index (χ4v) is 9.91. The van der Waals surface area contributed by atoms with Crippen LogP contribution in [0, 0.1) is 0 Å². The van der Waals surface area contributed by atoms with E-state index in [1.807, 2.05) is 84.1 Å². The zero-order valence-electron chi connectivity index (χ0n) is 23.2. The minimum absolute atomic E-state index is 0.831. The molecule has 0 saturated heterocycles. The first-order valence-corrected chi connectivity index (χ1v) is 16.9. The lowest BCUT2D eigenvalue weighted by Gasteiger charge is -2.20. The first kappa shape index (κ1) is 25.9. The van der Waals surface area contributed by atoms with Crippen molar-refractivity contribution in [2.24, 2.45) is 0 Å². The molecular weight excluding hydrogens is 561 g/mol. The number of fused-ring (bicyclic) bond motifs is 5. The third-order valence-corrected chi connectivity index (χ3v) is 12.4. The lowest BCUT2D eigenvalue weighted by atomic mass is 10.0. The van der Waals surface area contributed by atoms with E-state index in [9.17, 15) is 4.57 Å². The van der Waals surface area contributed by atoms with Crippen LogP contribution in [-0.4, -0.2) is 4.98 Å². The fraction of sp³-hybridized carbons (Fsp3) is 0. The van der Waals surface area contributed by atoms with Crippen molar-refractivity contribution in [1.82, 2.24) is 4.98 Å². The predicted octanol–water partition coefficient (Wildman–Crippen LogP) is 9.58. The molecule has 0 bridgehead atoms. The summed E-state index contributed by atoms with van der Waals surface area (Å²) in [6.07, 6.45) is 0. The van der Waals surface area contributed by atoms with Crippen LogP contribution in [0.3, 0.4) is 0 Å². The van der Waals surface area contributed by atoms with Gasteiger partial charge in [-0.05, 0) is 23.3 Å². The first-order valence-electron chi connectivity index (χ1n) is 14.3. The van der Waals surface area contributed by atoms with E-state index in [4.69, 9.17) is 4.98 Å². The number of benzene rings is 6. The van der Waals surface area contributed by atoms with E-state index < -0.39 is 7.14 Å². The summed E-state index contributed by atoms with van der Waals surface area (Å²) in [6, 6.07) is 53.5. The molecule has 0 amide bonds. The van der Waals surface area contributed by atoms with Gasteiger partial charge < -0.3 is 4.57 Å². The van der Waals surface area contributed by atoms with Gasteiger partial charge in [0, 0.05) is 42.3 Å². The average Bonchev–Trinajstić information content (AvgIpc) is 3.49. The summed E-state index contributed by atoms with van der Waals surface area (Å²) in [5, 5.41) is 6.27. The van der Waals surface area contributed by atoms with Gasteiger partial charge in [0.2, 0.25) is 0 Å². The van der Waals surface area contributed by atoms with Crippen molar-refractivity contribution < 1.29 is 4.57 Å². The highest BCUT2D eigenvalue weighted by Crippen LogP contribution is 2.44. The molecule has 2 nitrogen and oxygen atoms in total. The van der Waals surface area contributed by atoms with Crippen molar-refractivity contribution in [3.05, 3.63) is 158 Å². The van der Waals surface area contributed by atoms with Gasteiger partial charge in [-0.25, -0.2) is 4.98 Å². The SMILES string of the molecule is O=P(c1ccccc1)(c1ccccc1)c1ccc(-c2ccc(-c3nc4ccccc4c4c3sc3ccccc34)cc2)cc1. The minimum atomic E-state index is -3.00. The molecule has 0 radical (unpaired) electrons. The predicted molar refractivity (Wildman–Crippen MR) is 185 cm³/mol. The highest BCUT2D eigenvalue weighted by atomic mass is 32.1. The molecule has 8 rings (SSSR count). The Kier molecular flexibility index (Phi) is 6.30. The number of pyridine rings is 1. The van der Waals surface area contributed by atoms with Gasteiger partial charge in [-0.2, -0.15) is 0 Å².